The molecule has 16 heavy (non-hydrogen) atoms. The number of hydrogen-bond acceptors (Lipinski definition) is 5. The highest BCUT2D eigenvalue weighted by Crippen LogP contribution is 2.12. The Hall–Kier alpha value is -2.03. The van der Waals surface area contributed by atoms with Crippen LogP contribution >= 0.6 is 12.2 Å². The molecule has 0 aromatic carbocycles. The Morgan fingerprint density at radius 1 is 1.94 bits per heavy atom. The molecule has 0 spiro atoms. The van der Waals surface area contributed by atoms with E-state index in [0.29, 0.717) is 5.82 Å². The second kappa shape index (κ2) is 5.16. The van der Waals surface area contributed by atoms with Gasteiger partial charge < -0.3 is 15.8 Å². The van der Waals surface area contributed by atoms with Gasteiger partial charge in [-0.1, -0.05) is 0 Å². The molecule has 1 aromatic rings. The molecule has 0 amide bonds. The monoisotopic (exact) mass is 242 g/mol. The van der Waals surface area contributed by atoms with E-state index in [-0.39, 0.29) is 17.5 Å². The number of imidazole rings is 1. The molecule has 0 unspecified atom stereocenters. The third kappa shape index (κ3) is 2.98. The number of hydrazone groups is 1. The second-order valence-electron chi connectivity index (χ2n) is 2.82. The molecule has 0 radical (unpaired) electrons. The maximum absolute atomic E-state index is 10.6. The lowest BCUT2D eigenvalue weighted by Gasteiger charge is -1.98. The first kappa shape index (κ1) is 12.0. The Morgan fingerprint density at radius 2 is 2.62 bits per heavy atom. The van der Waals surface area contributed by atoms with Crippen LogP contribution in [0.15, 0.2) is 11.3 Å². The normalized spacial score (nSPS) is 10.6. The highest BCUT2D eigenvalue weighted by Gasteiger charge is 2.15. The van der Waals surface area contributed by atoms with Crippen LogP contribution < -0.4 is 11.2 Å². The lowest BCUT2D eigenvalue weighted by Crippen LogP contribution is -2.24. The summed E-state index contributed by atoms with van der Waals surface area (Å²) in [4.78, 5) is 14.0. The van der Waals surface area contributed by atoms with E-state index < -0.39 is 4.92 Å². The van der Waals surface area contributed by atoms with Gasteiger partial charge in [0.2, 0.25) is 0 Å². The molecule has 0 aliphatic carbocycles. The van der Waals surface area contributed by atoms with E-state index in [9.17, 15) is 10.1 Å². The zero-order chi connectivity index (χ0) is 12.1. The molecule has 0 saturated carbocycles. The summed E-state index contributed by atoms with van der Waals surface area (Å²) >= 11 is 4.53. The quantitative estimate of drug-likeness (QED) is 0.330. The van der Waals surface area contributed by atoms with Gasteiger partial charge in [-0.3, -0.25) is 5.43 Å². The first-order valence-electron chi connectivity index (χ1n) is 4.26. The molecule has 1 aromatic heterocycles. The van der Waals surface area contributed by atoms with Crippen LogP contribution in [0.25, 0.3) is 0 Å². The zero-order valence-electron chi connectivity index (χ0n) is 8.45. The Kier molecular flexibility index (Phi) is 3.89. The lowest BCUT2D eigenvalue weighted by molar-refractivity contribution is -0.392. The number of nitrogens with two attached hydrogens (primary N) is 1. The van der Waals surface area contributed by atoms with Crippen molar-refractivity contribution >= 4 is 29.4 Å². The van der Waals surface area contributed by atoms with Gasteiger partial charge in [-0.05, 0) is 17.1 Å². The molecular weight excluding hydrogens is 232 g/mol. The summed E-state index contributed by atoms with van der Waals surface area (Å²) in [6, 6.07) is 0. The molecule has 0 atom stereocenters. The number of aryl methyl sites for hydroxylation is 1. The van der Waals surface area contributed by atoms with E-state index in [4.69, 9.17) is 5.73 Å². The van der Waals surface area contributed by atoms with Crippen molar-refractivity contribution in [2.24, 2.45) is 10.8 Å². The van der Waals surface area contributed by atoms with Gasteiger partial charge in [0.15, 0.2) is 10.9 Å². The second-order valence-corrected chi connectivity index (χ2v) is 3.26. The van der Waals surface area contributed by atoms with Crippen LogP contribution in [0.2, 0.25) is 0 Å². The summed E-state index contributed by atoms with van der Waals surface area (Å²) < 4.78 is 1.41. The van der Waals surface area contributed by atoms with Crippen molar-refractivity contribution < 1.29 is 4.92 Å². The molecule has 3 N–H and O–H groups in total. The third-order valence-corrected chi connectivity index (χ3v) is 1.84. The van der Waals surface area contributed by atoms with Gasteiger partial charge in [0.05, 0.1) is 6.21 Å². The highest BCUT2D eigenvalue weighted by atomic mass is 32.1. The number of nitrogens with zero attached hydrogens (tertiary/aromatic N) is 4. The first-order chi connectivity index (χ1) is 7.52. The van der Waals surface area contributed by atoms with Gasteiger partial charge in [0.1, 0.15) is 12.7 Å². The van der Waals surface area contributed by atoms with Crippen molar-refractivity contribution in [2.45, 2.75) is 13.5 Å². The minimum atomic E-state index is -0.505. The molecule has 8 nitrogen and oxygen atoms in total. The van der Waals surface area contributed by atoms with Crippen LogP contribution in [-0.4, -0.2) is 25.8 Å². The minimum Gasteiger partial charge on any atom is -0.375 e. The molecule has 86 valence electrons. The van der Waals surface area contributed by atoms with E-state index >= 15 is 0 Å². The Labute approximate surface area is 96.3 Å². The molecular formula is C7H10N6O2S. The van der Waals surface area contributed by atoms with E-state index in [1.807, 2.05) is 0 Å². The van der Waals surface area contributed by atoms with E-state index in [2.05, 4.69) is 27.7 Å². The molecule has 0 bridgehead atoms. The summed E-state index contributed by atoms with van der Waals surface area (Å²) in [5.74, 6) is 0.452. The Balaban J connectivity index is 2.73. The average Bonchev–Trinajstić information content (AvgIpc) is 2.54. The summed E-state index contributed by atoms with van der Waals surface area (Å²) in [6.07, 6.45) is 2.62. The van der Waals surface area contributed by atoms with E-state index in [1.165, 1.54) is 17.0 Å². The fraction of sp³-hybridized carbons (Fsp3) is 0.286. The maximum atomic E-state index is 10.6. The number of nitrogens with one attached hydrogen (secondary N) is 1. The van der Waals surface area contributed by atoms with Gasteiger partial charge in [0, 0.05) is 6.92 Å². The SMILES string of the molecule is Cc1ncc([N+](=O)[O-])n1CC=NNC(N)=S. The smallest absolute Gasteiger partial charge is 0.343 e. The number of rotatable bonds is 4. The van der Waals surface area contributed by atoms with Gasteiger partial charge >= 0.3 is 5.82 Å². The van der Waals surface area contributed by atoms with E-state index in [1.54, 1.807) is 6.92 Å². The van der Waals surface area contributed by atoms with Crippen LogP contribution in [-0.2, 0) is 6.54 Å². The van der Waals surface area contributed by atoms with Crippen molar-refractivity contribution in [1.82, 2.24) is 15.0 Å². The van der Waals surface area contributed by atoms with Crippen molar-refractivity contribution in [1.29, 1.82) is 0 Å². The molecule has 9 heteroatoms. The molecule has 0 fully saturated rings. The zero-order valence-corrected chi connectivity index (χ0v) is 9.27. The average molecular weight is 242 g/mol. The fourth-order valence-electron chi connectivity index (χ4n) is 1.06. The Bertz CT molecular complexity index is 440. The van der Waals surface area contributed by atoms with Crippen molar-refractivity contribution in [3.63, 3.8) is 0 Å². The van der Waals surface area contributed by atoms with Crippen molar-refractivity contribution in [3.8, 4) is 0 Å². The van der Waals surface area contributed by atoms with Crippen LogP contribution in [0.3, 0.4) is 0 Å². The summed E-state index contributed by atoms with van der Waals surface area (Å²) in [6.45, 7) is 1.89. The van der Waals surface area contributed by atoms with Gasteiger partial charge in [-0.15, -0.1) is 0 Å². The highest BCUT2D eigenvalue weighted by molar-refractivity contribution is 7.80. The van der Waals surface area contributed by atoms with Gasteiger partial charge in [-0.25, -0.2) is 9.55 Å². The molecule has 0 aliphatic heterocycles. The summed E-state index contributed by atoms with van der Waals surface area (Å²) in [5.41, 5.74) is 7.49. The van der Waals surface area contributed by atoms with Crippen molar-refractivity contribution in [3.05, 3.63) is 22.1 Å². The molecule has 1 rings (SSSR count). The van der Waals surface area contributed by atoms with Crippen LogP contribution in [0.4, 0.5) is 5.82 Å². The molecule has 0 saturated heterocycles. The predicted octanol–water partition coefficient (Wildman–Crippen LogP) is -0.0813. The number of hydrogen-bond donors (Lipinski definition) is 2. The maximum Gasteiger partial charge on any atom is 0.343 e. The predicted molar refractivity (Wildman–Crippen MR) is 62.0 cm³/mol. The topological polar surface area (TPSA) is 111 Å². The van der Waals surface area contributed by atoms with Crippen LogP contribution in [0.1, 0.15) is 5.82 Å². The first-order valence-corrected chi connectivity index (χ1v) is 4.66. The van der Waals surface area contributed by atoms with E-state index in [0.717, 1.165) is 0 Å². The lowest BCUT2D eigenvalue weighted by atomic mass is 10.6. The standard InChI is InChI=1S/C7H10N6O2S/c1-5-9-4-6(13(14)15)12(5)3-2-10-11-7(8)16/h2,4H,3H2,1H3,(H3,8,11,16). The number of nitro groups is 1. The molecule has 1 heterocycles. The Morgan fingerprint density at radius 3 is 3.19 bits per heavy atom. The number of thiocarbonyl (C=S) groups is 1. The third-order valence-electron chi connectivity index (χ3n) is 1.75. The van der Waals surface area contributed by atoms with Gasteiger partial charge in [-0.2, -0.15) is 5.10 Å². The minimum absolute atomic E-state index is 0.0353. The summed E-state index contributed by atoms with van der Waals surface area (Å²) in [7, 11) is 0. The van der Waals surface area contributed by atoms with Crippen LogP contribution in [0.5, 0.6) is 0 Å². The number of aromatic nitrogens is 2. The van der Waals surface area contributed by atoms with Crippen molar-refractivity contribution in [2.75, 3.05) is 0 Å². The summed E-state index contributed by atoms with van der Waals surface area (Å²) in [5, 5.41) is 14.3. The van der Waals surface area contributed by atoms with Gasteiger partial charge in [0.25, 0.3) is 0 Å². The molecule has 0 aliphatic rings. The fourth-order valence-corrected chi connectivity index (χ4v) is 1.11. The largest absolute Gasteiger partial charge is 0.375 e. The van der Waals surface area contributed by atoms with Crippen LogP contribution in [0, 0.1) is 17.0 Å².